The second kappa shape index (κ2) is 23.5. The summed E-state index contributed by atoms with van der Waals surface area (Å²) in [6, 6.07) is 10.2. The molecule has 0 bridgehead atoms. The fourth-order valence-corrected chi connectivity index (χ4v) is 5.30. The number of carbonyl (C=O) groups is 2. The van der Waals surface area contributed by atoms with Crippen molar-refractivity contribution in [2.45, 2.75) is 92.4 Å². The van der Waals surface area contributed by atoms with Gasteiger partial charge in [0.15, 0.2) is 0 Å². The number of hydrogen-bond acceptors (Lipinski definition) is 7. The SMILES string of the molecule is C=N/C=N\NCC1(C(C)CCCCC)CCN(C(=O)CCc2ccc(C)cc2)CC1.CC.CNC(=O)CCNc1ncccn1. The Kier molecular flexibility index (Phi) is 20.5. The maximum Gasteiger partial charge on any atom is 0.222 e. The van der Waals surface area contributed by atoms with Gasteiger partial charge >= 0.3 is 0 Å². The summed E-state index contributed by atoms with van der Waals surface area (Å²) >= 11 is 0. The Morgan fingerprint density at radius 2 is 1.76 bits per heavy atom. The molecule has 2 amide bonds. The minimum Gasteiger partial charge on any atom is -0.359 e. The van der Waals surface area contributed by atoms with Crippen LogP contribution in [0.25, 0.3) is 0 Å². The molecular formula is C35H58N8O2. The van der Waals surface area contributed by atoms with Crippen LogP contribution in [0.5, 0.6) is 0 Å². The summed E-state index contributed by atoms with van der Waals surface area (Å²) in [5.41, 5.74) is 5.87. The lowest BCUT2D eigenvalue weighted by atomic mass is 9.67. The van der Waals surface area contributed by atoms with E-state index < -0.39 is 0 Å². The summed E-state index contributed by atoms with van der Waals surface area (Å²) in [6.45, 7) is 17.2. The molecule has 1 aromatic heterocycles. The molecule has 1 aliphatic rings. The number of hydrogen-bond donors (Lipinski definition) is 3. The Hall–Kier alpha value is -3.82. The standard InChI is InChI=1S/C25H40N4O.C8H12N4O.C2H6/c1-5-6-7-8-22(3)25(19-27-28-20-26-4)15-17-29(18-16-25)24(30)14-13-23-11-9-21(2)10-12-23;1-9-7(13)3-6-12-8-10-4-2-5-11-8;1-2/h9-12,20,22,27H,4-8,13-19H2,1-3H3;2,4-5H,3,6H2,1H3,(H,9,13)(H,10,11,12);1-2H3/b28-20-;;. The number of unbranched alkanes of at least 4 members (excludes halogenated alkanes) is 2. The van der Waals surface area contributed by atoms with Crippen LogP contribution < -0.4 is 16.1 Å². The van der Waals surface area contributed by atoms with Crippen molar-refractivity contribution in [1.82, 2.24) is 25.6 Å². The predicted molar refractivity (Wildman–Crippen MR) is 188 cm³/mol. The number of aliphatic imine (C=N–C) groups is 1. The zero-order chi connectivity index (χ0) is 33.3. The first-order valence-corrected chi connectivity index (χ1v) is 16.6. The molecule has 1 unspecified atom stereocenters. The molecule has 1 aromatic carbocycles. The van der Waals surface area contributed by atoms with Crippen molar-refractivity contribution >= 4 is 30.8 Å². The van der Waals surface area contributed by atoms with Crippen molar-refractivity contribution in [3.8, 4) is 0 Å². The fraction of sp³-hybridized carbons (Fsp3) is 0.600. The van der Waals surface area contributed by atoms with E-state index in [1.807, 2.05) is 13.8 Å². The van der Waals surface area contributed by atoms with Crippen molar-refractivity contribution < 1.29 is 9.59 Å². The number of hydrazone groups is 1. The molecule has 10 heteroatoms. The zero-order valence-electron chi connectivity index (χ0n) is 28.6. The monoisotopic (exact) mass is 622 g/mol. The highest BCUT2D eigenvalue weighted by Crippen LogP contribution is 2.41. The van der Waals surface area contributed by atoms with Crippen molar-refractivity contribution in [3.05, 3.63) is 53.9 Å². The molecule has 3 rings (SSSR count). The topological polar surface area (TPSA) is 124 Å². The second-order valence-corrected chi connectivity index (χ2v) is 11.3. The van der Waals surface area contributed by atoms with Gasteiger partial charge in [-0.25, -0.2) is 9.97 Å². The normalized spacial score (nSPS) is 14.2. The van der Waals surface area contributed by atoms with Crippen molar-refractivity contribution in [2.24, 2.45) is 21.4 Å². The number of aromatic nitrogens is 2. The molecule has 0 saturated carbocycles. The van der Waals surface area contributed by atoms with E-state index in [0.717, 1.165) is 38.9 Å². The molecule has 3 N–H and O–H groups in total. The number of benzene rings is 1. The lowest BCUT2D eigenvalue weighted by Crippen LogP contribution is -2.49. The summed E-state index contributed by atoms with van der Waals surface area (Å²) in [6.07, 6.45) is 13.7. The molecule has 10 nitrogen and oxygen atoms in total. The summed E-state index contributed by atoms with van der Waals surface area (Å²) < 4.78 is 0. The van der Waals surface area contributed by atoms with Gasteiger partial charge in [-0.15, -0.1) is 0 Å². The molecule has 1 saturated heterocycles. The van der Waals surface area contributed by atoms with Crippen LogP contribution in [-0.2, 0) is 16.0 Å². The second-order valence-electron chi connectivity index (χ2n) is 11.3. The quantitative estimate of drug-likeness (QED) is 0.0908. The maximum atomic E-state index is 12.8. The van der Waals surface area contributed by atoms with Crippen LogP contribution in [0.15, 0.2) is 52.8 Å². The van der Waals surface area contributed by atoms with Gasteiger partial charge in [-0.1, -0.05) is 83.2 Å². The Morgan fingerprint density at radius 3 is 2.36 bits per heavy atom. The Balaban J connectivity index is 0.000000562. The molecular weight excluding hydrogens is 564 g/mol. The highest BCUT2D eigenvalue weighted by Gasteiger charge is 2.39. The number of piperidine rings is 1. The maximum absolute atomic E-state index is 12.8. The smallest absolute Gasteiger partial charge is 0.222 e. The summed E-state index contributed by atoms with van der Waals surface area (Å²) in [7, 11) is 1.61. The van der Waals surface area contributed by atoms with Gasteiger partial charge in [-0.3, -0.25) is 14.6 Å². The van der Waals surface area contributed by atoms with Gasteiger partial charge in [-0.05, 0) is 55.9 Å². The van der Waals surface area contributed by atoms with Gasteiger partial charge in [0.1, 0.15) is 6.34 Å². The number of rotatable bonds is 16. The summed E-state index contributed by atoms with van der Waals surface area (Å²) in [5, 5.41) is 9.60. The van der Waals surface area contributed by atoms with Gasteiger partial charge in [-0.2, -0.15) is 5.10 Å². The largest absolute Gasteiger partial charge is 0.359 e. The number of aryl methyl sites for hydroxylation is 2. The zero-order valence-corrected chi connectivity index (χ0v) is 28.6. The highest BCUT2D eigenvalue weighted by atomic mass is 16.2. The number of nitrogens with one attached hydrogen (secondary N) is 3. The summed E-state index contributed by atoms with van der Waals surface area (Å²) in [4.78, 5) is 37.2. The van der Waals surface area contributed by atoms with E-state index in [0.29, 0.717) is 31.3 Å². The lowest BCUT2D eigenvalue weighted by molar-refractivity contribution is -0.134. The minimum atomic E-state index is 0.00318. The predicted octanol–water partition coefficient (Wildman–Crippen LogP) is 6.04. The van der Waals surface area contributed by atoms with E-state index in [2.05, 4.69) is 92.8 Å². The average molecular weight is 623 g/mol. The van der Waals surface area contributed by atoms with E-state index in [-0.39, 0.29) is 17.2 Å². The van der Waals surface area contributed by atoms with Crippen LogP contribution in [0.4, 0.5) is 5.95 Å². The van der Waals surface area contributed by atoms with E-state index in [1.54, 1.807) is 25.5 Å². The van der Waals surface area contributed by atoms with Crippen LogP contribution in [0.2, 0.25) is 0 Å². The van der Waals surface area contributed by atoms with Gasteiger partial charge in [0.2, 0.25) is 17.8 Å². The van der Waals surface area contributed by atoms with E-state index in [1.165, 1.54) is 43.1 Å². The van der Waals surface area contributed by atoms with Gasteiger partial charge in [0.25, 0.3) is 0 Å². The Labute approximate surface area is 272 Å². The fourth-order valence-electron chi connectivity index (χ4n) is 5.30. The molecule has 1 atom stereocenters. The van der Waals surface area contributed by atoms with Crippen molar-refractivity contribution in [3.63, 3.8) is 0 Å². The molecule has 0 radical (unpaired) electrons. The van der Waals surface area contributed by atoms with Crippen molar-refractivity contribution in [2.75, 3.05) is 38.5 Å². The van der Waals surface area contributed by atoms with Crippen LogP contribution >= 0.6 is 0 Å². The molecule has 2 aromatic rings. The number of amides is 2. The van der Waals surface area contributed by atoms with Crippen LogP contribution in [0, 0.1) is 18.3 Å². The van der Waals surface area contributed by atoms with E-state index >= 15 is 0 Å². The lowest BCUT2D eigenvalue weighted by Gasteiger charge is -2.45. The van der Waals surface area contributed by atoms with Gasteiger partial charge in [0.05, 0.1) is 0 Å². The number of nitrogens with zero attached hydrogens (tertiary/aromatic N) is 5. The van der Waals surface area contributed by atoms with Crippen LogP contribution in [0.1, 0.15) is 90.2 Å². The molecule has 1 aliphatic heterocycles. The molecule has 1 fully saturated rings. The third-order valence-corrected chi connectivity index (χ3v) is 8.29. The first kappa shape index (κ1) is 39.2. The van der Waals surface area contributed by atoms with Gasteiger partial charge in [0, 0.05) is 58.5 Å². The number of likely N-dealkylation sites (tertiary alicyclic amines) is 1. The molecule has 250 valence electrons. The summed E-state index contributed by atoms with van der Waals surface area (Å²) in [5.74, 6) is 1.44. The number of anilines is 1. The molecule has 0 aliphatic carbocycles. The van der Waals surface area contributed by atoms with Crippen LogP contribution in [0.3, 0.4) is 0 Å². The Bertz CT molecular complexity index is 1100. The third-order valence-electron chi connectivity index (χ3n) is 8.29. The minimum absolute atomic E-state index is 0.00318. The van der Waals surface area contributed by atoms with E-state index in [9.17, 15) is 9.59 Å². The first-order chi connectivity index (χ1) is 21.8. The van der Waals surface area contributed by atoms with Crippen molar-refractivity contribution in [1.29, 1.82) is 0 Å². The molecule has 45 heavy (non-hydrogen) atoms. The molecule has 2 heterocycles. The van der Waals surface area contributed by atoms with Crippen LogP contribution in [-0.4, -0.2) is 73.0 Å². The Morgan fingerprint density at radius 1 is 1.09 bits per heavy atom. The number of carbonyl (C=O) groups excluding carboxylic acids is 2. The average Bonchev–Trinajstić information content (AvgIpc) is 3.08. The third kappa shape index (κ3) is 15.6. The molecule has 0 spiro atoms. The van der Waals surface area contributed by atoms with E-state index in [4.69, 9.17) is 0 Å². The highest BCUT2D eigenvalue weighted by molar-refractivity contribution is 5.76. The first-order valence-electron chi connectivity index (χ1n) is 16.6. The van der Waals surface area contributed by atoms with Gasteiger partial charge < -0.3 is 21.0 Å².